The van der Waals surface area contributed by atoms with Crippen molar-refractivity contribution in [2.24, 2.45) is 0 Å². The maximum atomic E-state index is 5.80. The molecule has 3 rings (SSSR count). The second kappa shape index (κ2) is 9.64. The molecule has 3 aromatic rings. The fraction of sp³-hybridized carbons (Fsp3) is 0.217. The summed E-state index contributed by atoms with van der Waals surface area (Å²) < 4.78 is 11.4. The van der Waals surface area contributed by atoms with Gasteiger partial charge in [0.2, 0.25) is 0 Å². The molecule has 0 atom stereocenters. The van der Waals surface area contributed by atoms with Crippen LogP contribution in [0.4, 0.5) is 0 Å². The van der Waals surface area contributed by atoms with Crippen LogP contribution in [0.3, 0.4) is 0 Å². The third-order valence-electron chi connectivity index (χ3n) is 4.00. The highest BCUT2D eigenvalue weighted by Gasteiger charge is 1.99. The molecule has 0 heterocycles. The lowest BCUT2D eigenvalue weighted by Crippen LogP contribution is -2.13. The Labute approximate surface area is 155 Å². The number of benzene rings is 3. The summed E-state index contributed by atoms with van der Waals surface area (Å²) in [5, 5.41) is 3.48. The van der Waals surface area contributed by atoms with Crippen LogP contribution < -0.4 is 14.8 Å². The highest BCUT2D eigenvalue weighted by Crippen LogP contribution is 2.14. The molecular formula is C23H25NO2. The SMILES string of the molecule is Cc1cccc(CNCc2cccc(OCCOc3ccccc3)c2)c1. The van der Waals surface area contributed by atoms with Gasteiger partial charge >= 0.3 is 0 Å². The maximum absolute atomic E-state index is 5.80. The first kappa shape index (κ1) is 18.0. The minimum Gasteiger partial charge on any atom is -0.490 e. The molecule has 0 saturated heterocycles. The molecule has 3 nitrogen and oxygen atoms in total. The monoisotopic (exact) mass is 347 g/mol. The van der Waals surface area contributed by atoms with Crippen molar-refractivity contribution in [1.82, 2.24) is 5.32 Å². The van der Waals surface area contributed by atoms with E-state index >= 15 is 0 Å². The van der Waals surface area contributed by atoms with Gasteiger partial charge in [-0.15, -0.1) is 0 Å². The Kier molecular flexibility index (Phi) is 6.68. The Bertz CT molecular complexity index is 802. The van der Waals surface area contributed by atoms with Crippen LogP contribution in [0.15, 0.2) is 78.9 Å². The van der Waals surface area contributed by atoms with E-state index in [0.717, 1.165) is 24.6 Å². The molecule has 0 aliphatic rings. The van der Waals surface area contributed by atoms with Crippen molar-refractivity contribution in [3.63, 3.8) is 0 Å². The van der Waals surface area contributed by atoms with Gasteiger partial charge in [-0.2, -0.15) is 0 Å². The molecular weight excluding hydrogens is 322 g/mol. The average molecular weight is 347 g/mol. The van der Waals surface area contributed by atoms with Crippen LogP contribution in [0.2, 0.25) is 0 Å². The van der Waals surface area contributed by atoms with E-state index in [1.165, 1.54) is 16.7 Å². The molecule has 0 amide bonds. The molecule has 0 radical (unpaired) electrons. The maximum Gasteiger partial charge on any atom is 0.122 e. The van der Waals surface area contributed by atoms with E-state index in [2.05, 4.69) is 48.6 Å². The van der Waals surface area contributed by atoms with Crippen LogP contribution in [0, 0.1) is 6.92 Å². The number of rotatable bonds is 9. The van der Waals surface area contributed by atoms with Crippen molar-refractivity contribution in [3.05, 3.63) is 95.6 Å². The van der Waals surface area contributed by atoms with Crippen molar-refractivity contribution in [2.45, 2.75) is 20.0 Å². The van der Waals surface area contributed by atoms with Gasteiger partial charge in [-0.1, -0.05) is 60.2 Å². The summed E-state index contributed by atoms with van der Waals surface area (Å²) in [6.45, 7) is 4.84. The van der Waals surface area contributed by atoms with Crippen LogP contribution in [-0.2, 0) is 13.1 Å². The molecule has 0 fully saturated rings. The van der Waals surface area contributed by atoms with Crippen molar-refractivity contribution in [3.8, 4) is 11.5 Å². The number of nitrogens with one attached hydrogen (secondary N) is 1. The van der Waals surface area contributed by atoms with E-state index in [-0.39, 0.29) is 0 Å². The quantitative estimate of drug-likeness (QED) is 0.567. The second-order valence-electron chi connectivity index (χ2n) is 6.25. The summed E-state index contributed by atoms with van der Waals surface area (Å²) in [7, 11) is 0. The Morgan fingerprint density at radius 1 is 0.654 bits per heavy atom. The first-order valence-corrected chi connectivity index (χ1v) is 8.95. The van der Waals surface area contributed by atoms with Crippen LogP contribution >= 0.6 is 0 Å². The number of hydrogen-bond acceptors (Lipinski definition) is 3. The van der Waals surface area contributed by atoms with E-state index < -0.39 is 0 Å². The van der Waals surface area contributed by atoms with Crippen LogP contribution in [-0.4, -0.2) is 13.2 Å². The molecule has 1 N–H and O–H groups in total. The highest BCUT2D eigenvalue weighted by atomic mass is 16.5. The van der Waals surface area contributed by atoms with E-state index in [9.17, 15) is 0 Å². The minimum atomic E-state index is 0.523. The molecule has 0 aliphatic heterocycles. The van der Waals surface area contributed by atoms with Crippen molar-refractivity contribution in [1.29, 1.82) is 0 Å². The number of hydrogen-bond donors (Lipinski definition) is 1. The molecule has 0 unspecified atom stereocenters. The van der Waals surface area contributed by atoms with E-state index in [1.807, 2.05) is 42.5 Å². The fourth-order valence-electron chi connectivity index (χ4n) is 2.75. The number of aryl methyl sites for hydroxylation is 1. The first-order valence-electron chi connectivity index (χ1n) is 8.95. The lowest BCUT2D eigenvalue weighted by molar-refractivity contribution is 0.217. The van der Waals surface area contributed by atoms with Crippen molar-refractivity contribution >= 4 is 0 Å². The lowest BCUT2D eigenvalue weighted by Gasteiger charge is -2.10. The van der Waals surface area contributed by atoms with Gasteiger partial charge in [-0.05, 0) is 42.3 Å². The van der Waals surface area contributed by atoms with Gasteiger partial charge in [0.1, 0.15) is 24.7 Å². The van der Waals surface area contributed by atoms with Gasteiger partial charge in [0.05, 0.1) is 0 Å². The average Bonchev–Trinajstić information content (AvgIpc) is 2.67. The third-order valence-corrected chi connectivity index (χ3v) is 4.00. The minimum absolute atomic E-state index is 0.523. The van der Waals surface area contributed by atoms with Gasteiger partial charge < -0.3 is 14.8 Å². The summed E-state index contributed by atoms with van der Waals surface area (Å²) in [5.74, 6) is 1.74. The molecule has 3 aromatic carbocycles. The molecule has 0 saturated carbocycles. The van der Waals surface area contributed by atoms with Gasteiger partial charge in [0.15, 0.2) is 0 Å². The van der Waals surface area contributed by atoms with E-state index in [1.54, 1.807) is 0 Å². The Balaban J connectivity index is 1.41. The zero-order valence-corrected chi connectivity index (χ0v) is 15.2. The van der Waals surface area contributed by atoms with Crippen molar-refractivity contribution in [2.75, 3.05) is 13.2 Å². The zero-order chi connectivity index (χ0) is 18.0. The fourth-order valence-corrected chi connectivity index (χ4v) is 2.75. The molecule has 0 aliphatic carbocycles. The highest BCUT2D eigenvalue weighted by molar-refractivity contribution is 5.29. The van der Waals surface area contributed by atoms with Crippen LogP contribution in [0.5, 0.6) is 11.5 Å². The first-order chi connectivity index (χ1) is 12.8. The summed E-state index contributed by atoms with van der Waals surface area (Å²) in [5.41, 5.74) is 3.80. The van der Waals surface area contributed by atoms with Crippen LogP contribution in [0.25, 0.3) is 0 Å². The van der Waals surface area contributed by atoms with E-state index in [4.69, 9.17) is 9.47 Å². The van der Waals surface area contributed by atoms with Gasteiger partial charge in [0.25, 0.3) is 0 Å². The largest absolute Gasteiger partial charge is 0.490 e. The molecule has 134 valence electrons. The van der Waals surface area contributed by atoms with Gasteiger partial charge in [-0.25, -0.2) is 0 Å². The Morgan fingerprint density at radius 2 is 1.27 bits per heavy atom. The smallest absolute Gasteiger partial charge is 0.122 e. The molecule has 0 aromatic heterocycles. The topological polar surface area (TPSA) is 30.5 Å². The lowest BCUT2D eigenvalue weighted by atomic mass is 10.1. The zero-order valence-electron chi connectivity index (χ0n) is 15.2. The Morgan fingerprint density at radius 3 is 2.00 bits per heavy atom. The van der Waals surface area contributed by atoms with E-state index in [0.29, 0.717) is 13.2 Å². The normalized spacial score (nSPS) is 10.5. The van der Waals surface area contributed by atoms with Crippen molar-refractivity contribution < 1.29 is 9.47 Å². The van der Waals surface area contributed by atoms with Gasteiger partial charge in [0, 0.05) is 13.1 Å². The number of ether oxygens (including phenoxy) is 2. The second-order valence-corrected chi connectivity index (χ2v) is 6.25. The molecule has 26 heavy (non-hydrogen) atoms. The summed E-state index contributed by atoms with van der Waals surface area (Å²) >= 11 is 0. The predicted molar refractivity (Wildman–Crippen MR) is 106 cm³/mol. The summed E-state index contributed by atoms with van der Waals surface area (Å²) in [4.78, 5) is 0. The van der Waals surface area contributed by atoms with Crippen LogP contribution in [0.1, 0.15) is 16.7 Å². The predicted octanol–water partition coefficient (Wildman–Crippen LogP) is 4.74. The summed E-state index contributed by atoms with van der Waals surface area (Å²) in [6, 6.07) is 26.5. The number of para-hydroxylation sites is 1. The summed E-state index contributed by atoms with van der Waals surface area (Å²) in [6.07, 6.45) is 0. The third kappa shape index (κ3) is 5.94. The standard InChI is InChI=1S/C23H25NO2/c1-19-7-5-8-20(15-19)17-24-18-21-9-6-12-23(16-21)26-14-13-25-22-10-3-2-4-11-22/h2-12,15-16,24H,13-14,17-18H2,1H3. The molecule has 0 bridgehead atoms. The molecule has 0 spiro atoms. The Hall–Kier alpha value is -2.78. The molecule has 3 heteroatoms. The van der Waals surface area contributed by atoms with Gasteiger partial charge in [-0.3, -0.25) is 0 Å².